The van der Waals surface area contributed by atoms with Crippen LogP contribution in [-0.2, 0) is 6.18 Å². The maximum atomic E-state index is 12.7. The van der Waals surface area contributed by atoms with Gasteiger partial charge in [-0.05, 0) is 30.3 Å². The van der Waals surface area contributed by atoms with E-state index in [0.717, 1.165) is 12.1 Å². The summed E-state index contributed by atoms with van der Waals surface area (Å²) in [7, 11) is 0. The van der Waals surface area contributed by atoms with Crippen LogP contribution in [0, 0.1) is 0 Å². The van der Waals surface area contributed by atoms with Crippen LogP contribution in [0.1, 0.15) is 5.56 Å². The van der Waals surface area contributed by atoms with E-state index >= 15 is 0 Å². The van der Waals surface area contributed by atoms with Gasteiger partial charge in [-0.15, -0.1) is 5.10 Å². The highest BCUT2D eigenvalue weighted by molar-refractivity contribution is 6.01. The summed E-state index contributed by atoms with van der Waals surface area (Å²) >= 11 is 0. The van der Waals surface area contributed by atoms with Crippen molar-refractivity contribution < 1.29 is 22.4 Å². The zero-order valence-corrected chi connectivity index (χ0v) is 12.9. The average molecular weight is 364 g/mol. The fraction of sp³-hybridized carbons (Fsp3) is 0.0625. The molecule has 0 atom stereocenters. The van der Waals surface area contributed by atoms with Crippen LogP contribution < -0.4 is 16.4 Å². The molecule has 0 spiro atoms. The lowest BCUT2D eigenvalue weighted by molar-refractivity contribution is -0.137. The van der Waals surface area contributed by atoms with E-state index < -0.39 is 23.5 Å². The highest BCUT2D eigenvalue weighted by atomic mass is 19.4. The summed E-state index contributed by atoms with van der Waals surface area (Å²) in [6, 6.07) is 9.80. The van der Waals surface area contributed by atoms with Gasteiger partial charge in [0.2, 0.25) is 0 Å². The number of nitrogens with one attached hydrogen (secondary N) is 3. The van der Waals surface area contributed by atoms with Crippen LogP contribution in [0.3, 0.4) is 0 Å². The van der Waals surface area contributed by atoms with Crippen LogP contribution in [-0.4, -0.2) is 16.2 Å². The van der Waals surface area contributed by atoms with Gasteiger partial charge in [-0.1, -0.05) is 18.2 Å². The molecule has 0 aliphatic heterocycles. The number of aromatic nitrogens is 2. The summed E-state index contributed by atoms with van der Waals surface area (Å²) in [6.07, 6.45) is -4.52. The Labute approximate surface area is 143 Å². The number of H-pyrrole nitrogens is 1. The summed E-state index contributed by atoms with van der Waals surface area (Å²) < 4.78 is 43.0. The molecule has 0 aliphatic carbocycles. The number of hydrogen-bond donors (Lipinski definition) is 3. The minimum atomic E-state index is -4.52. The van der Waals surface area contributed by atoms with Gasteiger partial charge in [-0.2, -0.15) is 13.2 Å². The van der Waals surface area contributed by atoms with E-state index in [1.807, 2.05) is 0 Å². The fourth-order valence-corrected chi connectivity index (χ4v) is 2.18. The lowest BCUT2D eigenvalue weighted by Gasteiger charge is -2.12. The predicted octanol–water partition coefficient (Wildman–Crippen LogP) is 3.69. The largest absolute Gasteiger partial charge is 0.434 e. The topological polar surface area (TPSA) is 100 Å². The molecule has 2 aromatic carbocycles. The third-order valence-electron chi connectivity index (χ3n) is 3.29. The van der Waals surface area contributed by atoms with Gasteiger partial charge in [0, 0.05) is 5.69 Å². The van der Waals surface area contributed by atoms with Crippen molar-refractivity contribution in [1.29, 1.82) is 0 Å². The molecule has 0 fully saturated rings. The van der Waals surface area contributed by atoms with E-state index in [0.29, 0.717) is 5.56 Å². The summed E-state index contributed by atoms with van der Waals surface area (Å²) in [6.45, 7) is 0. The number of benzene rings is 2. The van der Waals surface area contributed by atoms with Crippen molar-refractivity contribution in [1.82, 2.24) is 10.2 Å². The molecule has 3 N–H and O–H groups in total. The Morgan fingerprint density at radius 2 is 1.85 bits per heavy atom. The van der Waals surface area contributed by atoms with Crippen LogP contribution in [0.2, 0.25) is 0 Å². The standard InChI is InChI=1S/C16H11F3N4O3/c17-16(18,19)9-4-3-5-10(8-9)20-14(24)21-12-7-2-1-6-11(12)13-22-23-15(25)26-13/h1-8H,(H,23,25)(H2,20,21,24). The normalized spacial score (nSPS) is 11.2. The molecule has 0 radical (unpaired) electrons. The van der Waals surface area contributed by atoms with Gasteiger partial charge in [-0.25, -0.2) is 14.7 Å². The Morgan fingerprint density at radius 1 is 1.08 bits per heavy atom. The third kappa shape index (κ3) is 3.91. The number of para-hydroxylation sites is 1. The Morgan fingerprint density at radius 3 is 2.54 bits per heavy atom. The first-order chi connectivity index (χ1) is 12.3. The minimum absolute atomic E-state index is 0.0268. The van der Waals surface area contributed by atoms with Crippen molar-refractivity contribution in [3.8, 4) is 11.5 Å². The van der Waals surface area contributed by atoms with Gasteiger partial charge in [-0.3, -0.25) is 0 Å². The van der Waals surface area contributed by atoms with Crippen molar-refractivity contribution >= 4 is 17.4 Å². The summed E-state index contributed by atoms with van der Waals surface area (Å²) in [5, 5.41) is 10.6. The number of hydrogen-bond acceptors (Lipinski definition) is 4. The average Bonchev–Trinajstić information content (AvgIpc) is 3.01. The second-order valence-corrected chi connectivity index (χ2v) is 5.12. The van der Waals surface area contributed by atoms with Crippen LogP contribution in [0.4, 0.5) is 29.3 Å². The second-order valence-electron chi connectivity index (χ2n) is 5.12. The number of rotatable bonds is 3. The molecule has 10 heteroatoms. The van der Waals surface area contributed by atoms with E-state index in [-0.39, 0.29) is 17.3 Å². The van der Waals surface area contributed by atoms with Gasteiger partial charge in [0.05, 0.1) is 16.8 Å². The Balaban J connectivity index is 1.79. The molecule has 0 saturated heterocycles. The molecule has 0 bridgehead atoms. The van der Waals surface area contributed by atoms with E-state index in [1.165, 1.54) is 18.2 Å². The molecule has 1 heterocycles. The number of anilines is 2. The third-order valence-corrected chi connectivity index (χ3v) is 3.29. The van der Waals surface area contributed by atoms with Crippen LogP contribution >= 0.6 is 0 Å². The number of alkyl halides is 3. The fourth-order valence-electron chi connectivity index (χ4n) is 2.18. The van der Waals surface area contributed by atoms with Crippen LogP contribution in [0.15, 0.2) is 57.7 Å². The number of amides is 2. The highest BCUT2D eigenvalue weighted by Gasteiger charge is 2.30. The molecule has 134 valence electrons. The second kappa shape index (κ2) is 6.75. The van der Waals surface area contributed by atoms with Crippen molar-refractivity contribution in [2.75, 3.05) is 10.6 Å². The number of nitrogens with zero attached hydrogens (tertiary/aromatic N) is 1. The summed E-state index contributed by atoms with van der Waals surface area (Å²) in [5.41, 5.74) is -0.327. The SMILES string of the molecule is O=C(Nc1cccc(C(F)(F)F)c1)Nc1ccccc1-c1n[nH]c(=O)o1. The molecule has 1 aromatic heterocycles. The van der Waals surface area contributed by atoms with Gasteiger partial charge < -0.3 is 15.1 Å². The number of aromatic amines is 1. The highest BCUT2D eigenvalue weighted by Crippen LogP contribution is 2.31. The molecule has 0 aliphatic rings. The van der Waals surface area contributed by atoms with Crippen LogP contribution in [0.5, 0.6) is 0 Å². The van der Waals surface area contributed by atoms with E-state index in [1.54, 1.807) is 18.2 Å². The lowest BCUT2D eigenvalue weighted by atomic mass is 10.2. The lowest BCUT2D eigenvalue weighted by Crippen LogP contribution is -2.20. The van der Waals surface area contributed by atoms with Crippen molar-refractivity contribution in [2.24, 2.45) is 0 Å². The Kier molecular flexibility index (Phi) is 4.48. The van der Waals surface area contributed by atoms with Gasteiger partial charge >= 0.3 is 18.0 Å². The number of halogens is 3. The number of carbonyl (C=O) groups is 1. The minimum Gasteiger partial charge on any atom is -0.388 e. The summed E-state index contributed by atoms with van der Waals surface area (Å²) in [5.74, 6) is -0.798. The van der Waals surface area contributed by atoms with E-state index in [4.69, 9.17) is 4.42 Å². The molecule has 7 nitrogen and oxygen atoms in total. The van der Waals surface area contributed by atoms with Gasteiger partial charge in [0.1, 0.15) is 0 Å². The molecule has 2 amide bonds. The number of carbonyl (C=O) groups excluding carboxylic acids is 1. The van der Waals surface area contributed by atoms with Crippen LogP contribution in [0.25, 0.3) is 11.5 Å². The number of urea groups is 1. The monoisotopic (exact) mass is 364 g/mol. The molecule has 0 saturated carbocycles. The van der Waals surface area contributed by atoms with E-state index in [9.17, 15) is 22.8 Å². The summed E-state index contributed by atoms with van der Waals surface area (Å²) in [4.78, 5) is 23.2. The molecule has 3 aromatic rings. The van der Waals surface area contributed by atoms with Crippen molar-refractivity contribution in [3.63, 3.8) is 0 Å². The first-order valence-corrected chi connectivity index (χ1v) is 7.23. The van der Waals surface area contributed by atoms with E-state index in [2.05, 4.69) is 20.8 Å². The van der Waals surface area contributed by atoms with Crippen molar-refractivity contribution in [2.45, 2.75) is 6.18 Å². The smallest absolute Gasteiger partial charge is 0.388 e. The molecule has 3 rings (SSSR count). The maximum Gasteiger partial charge on any atom is 0.434 e. The first kappa shape index (κ1) is 17.3. The van der Waals surface area contributed by atoms with Gasteiger partial charge in [0.15, 0.2) is 0 Å². The predicted molar refractivity (Wildman–Crippen MR) is 86.6 cm³/mol. The molecular weight excluding hydrogens is 353 g/mol. The first-order valence-electron chi connectivity index (χ1n) is 7.23. The van der Waals surface area contributed by atoms with Gasteiger partial charge in [0.25, 0.3) is 5.89 Å². The molecule has 26 heavy (non-hydrogen) atoms. The zero-order valence-electron chi connectivity index (χ0n) is 12.9. The van der Waals surface area contributed by atoms with Crippen molar-refractivity contribution in [3.05, 3.63) is 64.6 Å². The molecule has 0 unspecified atom stereocenters. The quantitative estimate of drug-likeness (QED) is 0.660. The molecular formula is C16H11F3N4O3. The maximum absolute atomic E-state index is 12.7. The Hall–Kier alpha value is -3.56. The Bertz CT molecular complexity index is 994. The zero-order chi connectivity index (χ0) is 18.7.